The molecule has 17 heavy (non-hydrogen) atoms. The van der Waals surface area contributed by atoms with Gasteiger partial charge in [0.1, 0.15) is 16.6 Å². The quantitative estimate of drug-likeness (QED) is 0.271. The summed E-state index contributed by atoms with van der Waals surface area (Å²) < 4.78 is 52.0. The second-order valence-electron chi connectivity index (χ2n) is 2.68. The summed E-state index contributed by atoms with van der Waals surface area (Å²) in [4.78, 5) is 12.8. The Labute approximate surface area is 105 Å². The number of nitro groups is 1. The summed E-state index contributed by atoms with van der Waals surface area (Å²) >= 11 is 1.46. The number of hydrogen-bond donors (Lipinski definition) is 0. The van der Waals surface area contributed by atoms with Gasteiger partial charge in [-0.05, 0) is 22.6 Å². The largest absolute Gasteiger partial charge is 0.573 e. The number of rotatable bonds is 3. The molecule has 1 heterocycles. The normalized spacial score (nSPS) is 11.4. The van der Waals surface area contributed by atoms with E-state index in [4.69, 9.17) is 0 Å². The van der Waals surface area contributed by atoms with Crippen LogP contribution in [-0.4, -0.2) is 16.3 Å². The maximum absolute atomic E-state index is 12.6. The molecule has 0 saturated heterocycles. The molecule has 0 atom stereocenters. The van der Waals surface area contributed by atoms with E-state index in [0.717, 1.165) is 0 Å². The fraction of sp³-hybridized carbons (Fsp3) is 0.286. The third-order valence-electron chi connectivity index (χ3n) is 1.60. The van der Waals surface area contributed by atoms with Crippen molar-refractivity contribution in [1.82, 2.24) is 4.98 Å². The van der Waals surface area contributed by atoms with Gasteiger partial charge in [0.15, 0.2) is 0 Å². The molecule has 1 aromatic rings. The number of ether oxygens (including phenoxy) is 1. The van der Waals surface area contributed by atoms with Crippen LogP contribution in [0, 0.1) is 13.8 Å². The Hall–Kier alpha value is -1.20. The molecule has 1 aromatic heterocycles. The lowest BCUT2D eigenvalue weighted by atomic mass is 10.2. The fourth-order valence-electron chi connectivity index (χ4n) is 0.978. The van der Waals surface area contributed by atoms with E-state index in [0.29, 0.717) is 6.20 Å². The zero-order valence-corrected chi connectivity index (χ0v) is 9.95. The van der Waals surface area contributed by atoms with E-state index in [1.165, 1.54) is 22.6 Å². The van der Waals surface area contributed by atoms with Crippen molar-refractivity contribution in [2.24, 2.45) is 0 Å². The molecular formula is C7H3F4IN2O3. The van der Waals surface area contributed by atoms with Crippen molar-refractivity contribution in [2.45, 2.75) is 13.0 Å². The average Bonchev–Trinajstić information content (AvgIpc) is 2.15. The maximum Gasteiger partial charge on any atom is 0.573 e. The van der Waals surface area contributed by atoms with Crippen LogP contribution in [-0.2, 0) is 6.67 Å². The Balaban J connectivity index is 3.39. The fourth-order valence-corrected chi connectivity index (χ4v) is 1.51. The summed E-state index contributed by atoms with van der Waals surface area (Å²) in [6.45, 7) is -1.35. The minimum Gasteiger partial charge on any atom is -0.398 e. The average molecular weight is 366 g/mol. The van der Waals surface area contributed by atoms with E-state index in [-0.39, 0.29) is 3.70 Å². The number of alkyl halides is 4. The Kier molecular flexibility index (Phi) is 4.06. The van der Waals surface area contributed by atoms with Crippen molar-refractivity contribution >= 4 is 28.3 Å². The predicted molar refractivity (Wildman–Crippen MR) is 55.1 cm³/mol. The summed E-state index contributed by atoms with van der Waals surface area (Å²) in [5.41, 5.74) is -1.63. The van der Waals surface area contributed by atoms with Crippen molar-refractivity contribution in [3.8, 4) is 5.75 Å². The maximum atomic E-state index is 12.6. The van der Waals surface area contributed by atoms with Crippen LogP contribution in [0.25, 0.3) is 0 Å². The monoisotopic (exact) mass is 366 g/mol. The highest BCUT2D eigenvalue weighted by Crippen LogP contribution is 2.36. The highest BCUT2D eigenvalue weighted by atomic mass is 127. The van der Waals surface area contributed by atoms with Crippen molar-refractivity contribution in [2.75, 3.05) is 0 Å². The van der Waals surface area contributed by atoms with Crippen molar-refractivity contribution in [3.63, 3.8) is 0 Å². The van der Waals surface area contributed by atoms with Crippen molar-refractivity contribution in [1.29, 1.82) is 0 Å². The van der Waals surface area contributed by atoms with Gasteiger partial charge in [-0.15, -0.1) is 13.2 Å². The minimum atomic E-state index is -5.14. The molecule has 0 saturated carbocycles. The first kappa shape index (κ1) is 13.9. The van der Waals surface area contributed by atoms with Gasteiger partial charge in [-0.2, -0.15) is 0 Å². The molecule has 0 amide bonds. The van der Waals surface area contributed by atoms with Gasteiger partial charge < -0.3 is 4.74 Å². The van der Waals surface area contributed by atoms with Crippen molar-refractivity contribution in [3.05, 3.63) is 25.6 Å². The Bertz CT molecular complexity index is 451. The van der Waals surface area contributed by atoms with Gasteiger partial charge >= 0.3 is 12.0 Å². The molecule has 0 unspecified atom stereocenters. The van der Waals surface area contributed by atoms with Gasteiger partial charge in [-0.3, -0.25) is 10.1 Å². The molecule has 0 aliphatic heterocycles. The number of hydrogen-bond acceptors (Lipinski definition) is 4. The molecule has 0 radical (unpaired) electrons. The number of pyridine rings is 1. The highest BCUT2D eigenvalue weighted by molar-refractivity contribution is 14.1. The van der Waals surface area contributed by atoms with Crippen LogP contribution in [0.3, 0.4) is 0 Å². The lowest BCUT2D eigenvalue weighted by Gasteiger charge is -2.12. The van der Waals surface area contributed by atoms with Gasteiger partial charge in [0.25, 0.3) is 0 Å². The Morgan fingerprint density at radius 3 is 2.53 bits per heavy atom. The van der Waals surface area contributed by atoms with Crippen LogP contribution >= 0.6 is 22.6 Å². The minimum absolute atomic E-state index is 0.130. The zero-order valence-electron chi connectivity index (χ0n) is 7.79. The Morgan fingerprint density at radius 1 is 1.53 bits per heavy atom. The van der Waals surface area contributed by atoms with E-state index in [2.05, 4.69) is 9.72 Å². The van der Waals surface area contributed by atoms with Crippen molar-refractivity contribution < 1.29 is 27.2 Å². The van der Waals surface area contributed by atoms with Crippen LogP contribution in [0.4, 0.5) is 23.2 Å². The third kappa shape index (κ3) is 3.38. The topological polar surface area (TPSA) is 65.3 Å². The molecule has 0 aromatic carbocycles. The van der Waals surface area contributed by atoms with Gasteiger partial charge in [0.05, 0.1) is 10.5 Å². The second-order valence-corrected chi connectivity index (χ2v) is 3.70. The second kappa shape index (κ2) is 4.98. The van der Waals surface area contributed by atoms with Crippen LogP contribution in [0.2, 0.25) is 0 Å². The predicted octanol–water partition coefficient (Wildman–Crippen LogP) is 2.96. The molecule has 0 N–H and O–H groups in total. The standard InChI is InChI=1S/C7H3F4IN2O3/c8-1-3-5(17-7(9,10)11)4(14(15)16)2-13-6(3)12/h2H,1H2. The summed E-state index contributed by atoms with van der Waals surface area (Å²) in [7, 11) is 0. The molecule has 5 nitrogen and oxygen atoms in total. The SMILES string of the molecule is O=[N+]([O-])c1cnc(I)c(CF)c1OC(F)(F)F. The lowest BCUT2D eigenvalue weighted by Crippen LogP contribution is -2.19. The van der Waals surface area contributed by atoms with E-state index < -0.39 is 35.0 Å². The molecule has 0 bridgehead atoms. The van der Waals surface area contributed by atoms with E-state index in [9.17, 15) is 27.7 Å². The lowest BCUT2D eigenvalue weighted by molar-refractivity contribution is -0.389. The summed E-state index contributed by atoms with van der Waals surface area (Å²) in [6, 6.07) is 0. The van der Waals surface area contributed by atoms with Gasteiger partial charge in [-0.1, -0.05) is 0 Å². The van der Waals surface area contributed by atoms with Gasteiger partial charge in [0, 0.05) is 0 Å². The molecule has 94 valence electrons. The first-order chi connectivity index (χ1) is 7.76. The van der Waals surface area contributed by atoms with Crippen LogP contribution < -0.4 is 4.74 Å². The van der Waals surface area contributed by atoms with E-state index in [1.807, 2.05) is 0 Å². The van der Waals surface area contributed by atoms with Crippen LogP contribution in [0.1, 0.15) is 5.56 Å². The molecule has 0 fully saturated rings. The molecule has 0 aliphatic rings. The molecular weight excluding hydrogens is 363 g/mol. The Morgan fingerprint density at radius 2 is 2.12 bits per heavy atom. The third-order valence-corrected chi connectivity index (χ3v) is 2.53. The number of halogens is 5. The van der Waals surface area contributed by atoms with Gasteiger partial charge in [-0.25, -0.2) is 9.37 Å². The van der Waals surface area contributed by atoms with Gasteiger partial charge in [0.2, 0.25) is 5.75 Å². The molecule has 10 heteroatoms. The number of nitrogens with zero attached hydrogens (tertiary/aromatic N) is 2. The molecule has 0 aliphatic carbocycles. The van der Waals surface area contributed by atoms with E-state index in [1.54, 1.807) is 0 Å². The number of aromatic nitrogens is 1. The summed E-state index contributed by atoms with van der Waals surface area (Å²) in [5.74, 6) is -1.16. The smallest absolute Gasteiger partial charge is 0.398 e. The first-order valence-electron chi connectivity index (χ1n) is 3.89. The first-order valence-corrected chi connectivity index (χ1v) is 4.97. The van der Waals surface area contributed by atoms with E-state index >= 15 is 0 Å². The zero-order chi connectivity index (χ0) is 13.2. The highest BCUT2D eigenvalue weighted by Gasteiger charge is 2.36. The molecule has 1 rings (SSSR count). The van der Waals surface area contributed by atoms with Crippen LogP contribution in [0.15, 0.2) is 6.20 Å². The molecule has 0 spiro atoms. The summed E-state index contributed by atoms with van der Waals surface area (Å²) in [5, 5.41) is 10.5. The van der Waals surface area contributed by atoms with Crippen LogP contribution in [0.5, 0.6) is 5.75 Å². The summed E-state index contributed by atoms with van der Waals surface area (Å²) in [6.07, 6.45) is -4.55.